The maximum absolute atomic E-state index is 12.7. The highest BCUT2D eigenvalue weighted by atomic mass is 32.1. The Morgan fingerprint density at radius 3 is 2.52 bits per heavy atom. The molecule has 2 aromatic carbocycles. The number of rotatable bonds is 5. The summed E-state index contributed by atoms with van der Waals surface area (Å²) < 4.78 is 43.1. The summed E-state index contributed by atoms with van der Waals surface area (Å²) in [4.78, 5) is 21.1. The fourth-order valence-corrected chi connectivity index (χ4v) is 3.70. The number of carbonyl (C=O) groups is 1. The maximum Gasteiger partial charge on any atom is 0.416 e. The Bertz CT molecular complexity index is 1220. The Balaban J connectivity index is 1.46. The van der Waals surface area contributed by atoms with E-state index in [0.29, 0.717) is 39.2 Å². The lowest BCUT2D eigenvalue weighted by atomic mass is 10.1. The van der Waals surface area contributed by atoms with Crippen molar-refractivity contribution in [3.05, 3.63) is 71.1 Å². The van der Waals surface area contributed by atoms with Gasteiger partial charge >= 0.3 is 6.18 Å². The zero-order chi connectivity index (χ0) is 22.0. The van der Waals surface area contributed by atoms with Crippen LogP contribution >= 0.6 is 11.3 Å². The summed E-state index contributed by atoms with van der Waals surface area (Å²) in [6, 6.07) is 11.8. The van der Waals surface area contributed by atoms with Crippen LogP contribution in [-0.4, -0.2) is 21.0 Å². The van der Waals surface area contributed by atoms with Gasteiger partial charge in [0.2, 0.25) is 17.6 Å². The average Bonchev–Trinajstić information content (AvgIpc) is 3.37. The van der Waals surface area contributed by atoms with E-state index >= 15 is 0 Å². The lowest BCUT2D eigenvalue weighted by Crippen LogP contribution is -2.15. The van der Waals surface area contributed by atoms with Crippen molar-refractivity contribution in [2.24, 2.45) is 0 Å². The number of nitrogens with one attached hydrogen (secondary N) is 1. The van der Waals surface area contributed by atoms with Crippen LogP contribution in [0.4, 0.5) is 18.9 Å². The van der Waals surface area contributed by atoms with Crippen molar-refractivity contribution in [2.45, 2.75) is 19.5 Å². The Kier molecular flexibility index (Phi) is 5.55. The van der Waals surface area contributed by atoms with E-state index in [9.17, 15) is 18.0 Å². The third-order valence-corrected chi connectivity index (χ3v) is 5.26. The first kappa shape index (κ1) is 20.7. The SMILES string of the molecule is Cc1nc(-c2ccccc2NC(=O)Cc2csc(-c3ccc(C(F)(F)F)cc3)n2)no1. The van der Waals surface area contributed by atoms with Crippen molar-refractivity contribution >= 4 is 22.9 Å². The molecule has 0 saturated carbocycles. The number of para-hydroxylation sites is 1. The van der Waals surface area contributed by atoms with E-state index in [0.717, 1.165) is 12.1 Å². The van der Waals surface area contributed by atoms with Gasteiger partial charge in [0.15, 0.2) is 0 Å². The van der Waals surface area contributed by atoms with Crippen molar-refractivity contribution in [3.8, 4) is 22.0 Å². The highest BCUT2D eigenvalue weighted by molar-refractivity contribution is 7.13. The molecule has 0 fully saturated rings. The molecule has 4 aromatic rings. The van der Waals surface area contributed by atoms with Crippen molar-refractivity contribution in [1.29, 1.82) is 0 Å². The molecule has 0 aliphatic carbocycles. The van der Waals surface area contributed by atoms with E-state index in [2.05, 4.69) is 20.4 Å². The summed E-state index contributed by atoms with van der Waals surface area (Å²) in [5.41, 5.74) is 1.51. The lowest BCUT2D eigenvalue weighted by Gasteiger charge is -2.08. The Hall–Kier alpha value is -3.53. The first-order chi connectivity index (χ1) is 14.8. The summed E-state index contributed by atoms with van der Waals surface area (Å²) in [7, 11) is 0. The number of hydrogen-bond acceptors (Lipinski definition) is 6. The smallest absolute Gasteiger partial charge is 0.339 e. The van der Waals surface area contributed by atoms with Crippen LogP contribution < -0.4 is 5.32 Å². The Labute approximate surface area is 178 Å². The summed E-state index contributed by atoms with van der Waals surface area (Å²) in [5.74, 6) is 0.484. The molecule has 4 rings (SSSR count). The van der Waals surface area contributed by atoms with Crippen LogP contribution in [0.5, 0.6) is 0 Å². The quantitative estimate of drug-likeness (QED) is 0.448. The number of alkyl halides is 3. The van der Waals surface area contributed by atoms with Crippen LogP contribution in [0.1, 0.15) is 17.1 Å². The number of nitrogens with zero attached hydrogens (tertiary/aromatic N) is 3. The standard InChI is InChI=1S/C21H15F3N4O2S/c1-12-25-19(28-30-12)16-4-2-3-5-17(16)27-18(29)10-15-11-31-20(26-15)13-6-8-14(9-7-13)21(22,23)24/h2-9,11H,10H2,1H3,(H,27,29). The Morgan fingerprint density at radius 1 is 1.10 bits per heavy atom. The van der Waals surface area contributed by atoms with Crippen molar-refractivity contribution in [2.75, 3.05) is 5.32 Å². The summed E-state index contributed by atoms with van der Waals surface area (Å²) >= 11 is 1.26. The minimum Gasteiger partial charge on any atom is -0.339 e. The molecule has 2 heterocycles. The number of halogens is 3. The van der Waals surface area contributed by atoms with E-state index in [4.69, 9.17) is 4.52 Å². The lowest BCUT2D eigenvalue weighted by molar-refractivity contribution is -0.137. The second kappa shape index (κ2) is 8.31. The number of thiazole rings is 1. The van der Waals surface area contributed by atoms with Gasteiger partial charge in [0.1, 0.15) is 5.01 Å². The highest BCUT2D eigenvalue weighted by Crippen LogP contribution is 2.32. The number of amides is 1. The van der Waals surface area contributed by atoms with Gasteiger partial charge in [0, 0.05) is 23.4 Å². The van der Waals surface area contributed by atoms with Crippen LogP contribution in [-0.2, 0) is 17.4 Å². The molecule has 6 nitrogen and oxygen atoms in total. The largest absolute Gasteiger partial charge is 0.416 e. The van der Waals surface area contributed by atoms with Crippen molar-refractivity contribution in [1.82, 2.24) is 15.1 Å². The second-order valence-electron chi connectivity index (χ2n) is 6.63. The molecule has 1 N–H and O–H groups in total. The number of carbonyl (C=O) groups excluding carboxylic acids is 1. The molecular weight excluding hydrogens is 429 g/mol. The third kappa shape index (κ3) is 4.80. The normalized spacial score (nSPS) is 11.5. The van der Waals surface area contributed by atoms with E-state index < -0.39 is 11.7 Å². The topological polar surface area (TPSA) is 80.9 Å². The predicted molar refractivity (Wildman–Crippen MR) is 109 cm³/mol. The van der Waals surface area contributed by atoms with Gasteiger partial charge in [0.25, 0.3) is 0 Å². The first-order valence-corrected chi connectivity index (χ1v) is 9.99. The van der Waals surface area contributed by atoms with E-state index in [-0.39, 0.29) is 12.3 Å². The second-order valence-corrected chi connectivity index (χ2v) is 7.48. The van der Waals surface area contributed by atoms with E-state index in [1.807, 2.05) is 0 Å². The van der Waals surface area contributed by atoms with Crippen LogP contribution in [0.3, 0.4) is 0 Å². The molecule has 0 atom stereocenters. The van der Waals surface area contributed by atoms with Gasteiger partial charge in [0.05, 0.1) is 23.4 Å². The molecule has 0 spiro atoms. The molecule has 0 radical (unpaired) electrons. The fraction of sp³-hybridized carbons (Fsp3) is 0.143. The van der Waals surface area contributed by atoms with Crippen molar-refractivity contribution in [3.63, 3.8) is 0 Å². The van der Waals surface area contributed by atoms with Gasteiger partial charge in [-0.25, -0.2) is 4.98 Å². The van der Waals surface area contributed by atoms with Gasteiger partial charge in [-0.05, 0) is 24.3 Å². The number of benzene rings is 2. The molecule has 158 valence electrons. The highest BCUT2D eigenvalue weighted by Gasteiger charge is 2.30. The summed E-state index contributed by atoms with van der Waals surface area (Å²) in [6.07, 6.45) is -4.38. The molecule has 2 aromatic heterocycles. The van der Waals surface area contributed by atoms with Crippen LogP contribution in [0, 0.1) is 6.92 Å². The maximum atomic E-state index is 12.7. The Morgan fingerprint density at radius 2 is 1.84 bits per heavy atom. The van der Waals surface area contributed by atoms with Crippen LogP contribution in [0.25, 0.3) is 22.0 Å². The van der Waals surface area contributed by atoms with Gasteiger partial charge < -0.3 is 9.84 Å². The van der Waals surface area contributed by atoms with Gasteiger partial charge in [-0.3, -0.25) is 4.79 Å². The summed E-state index contributed by atoms with van der Waals surface area (Å²) in [6.45, 7) is 1.67. The predicted octanol–water partition coefficient (Wildman–Crippen LogP) is 5.37. The number of aromatic nitrogens is 3. The number of anilines is 1. The minimum absolute atomic E-state index is 0.0107. The van der Waals surface area contributed by atoms with Crippen LogP contribution in [0.15, 0.2) is 58.4 Å². The average molecular weight is 444 g/mol. The zero-order valence-electron chi connectivity index (χ0n) is 16.1. The molecule has 1 amide bonds. The molecule has 0 aliphatic heterocycles. The monoisotopic (exact) mass is 444 g/mol. The zero-order valence-corrected chi connectivity index (χ0v) is 16.9. The van der Waals surface area contributed by atoms with Gasteiger partial charge in [-0.15, -0.1) is 11.3 Å². The first-order valence-electron chi connectivity index (χ1n) is 9.11. The molecular formula is C21H15F3N4O2S. The summed E-state index contributed by atoms with van der Waals surface area (Å²) in [5, 5.41) is 8.95. The molecule has 31 heavy (non-hydrogen) atoms. The molecule has 0 saturated heterocycles. The van der Waals surface area contributed by atoms with E-state index in [1.54, 1.807) is 36.6 Å². The van der Waals surface area contributed by atoms with Gasteiger partial charge in [-0.1, -0.05) is 29.4 Å². The van der Waals surface area contributed by atoms with Crippen LogP contribution in [0.2, 0.25) is 0 Å². The van der Waals surface area contributed by atoms with Gasteiger partial charge in [-0.2, -0.15) is 18.2 Å². The molecule has 10 heteroatoms. The third-order valence-electron chi connectivity index (χ3n) is 4.32. The molecule has 0 bridgehead atoms. The van der Waals surface area contributed by atoms with Crippen molar-refractivity contribution < 1.29 is 22.5 Å². The molecule has 0 unspecified atom stereocenters. The fourth-order valence-electron chi connectivity index (χ4n) is 2.88. The van der Waals surface area contributed by atoms with E-state index in [1.165, 1.54) is 23.5 Å². The number of hydrogen-bond donors (Lipinski definition) is 1. The number of aryl methyl sites for hydroxylation is 1. The molecule has 0 aliphatic rings. The minimum atomic E-state index is -4.39.